The Morgan fingerprint density at radius 2 is 2.02 bits per heavy atom. The summed E-state index contributed by atoms with van der Waals surface area (Å²) >= 11 is 0. The average molecular weight is 802 g/mol. The SMILES string of the molecule is COc1c(F)cc(C(C)C)cc1C(C(=O)O)N1CC[C@@H](N(C)CCCCCC[C@@H]2CCc3cccnc3[N-]2)C1.[Lr]. The molecule has 3 atom stereocenters. The van der Waals surface area contributed by atoms with E-state index in [1.165, 1.54) is 38.0 Å². The van der Waals surface area contributed by atoms with Gasteiger partial charge < -0.3 is 25.0 Å². The molecule has 7 nitrogen and oxygen atoms in total. The molecule has 2 aliphatic heterocycles. The molecule has 2 aliphatic rings. The summed E-state index contributed by atoms with van der Waals surface area (Å²) in [6, 6.07) is 7.12. The van der Waals surface area contributed by atoms with E-state index in [-0.39, 0.29) is 17.7 Å². The summed E-state index contributed by atoms with van der Waals surface area (Å²) in [6.45, 7) is 6.24. The molecule has 1 N–H and O–H groups in total. The van der Waals surface area contributed by atoms with Crippen molar-refractivity contribution in [2.24, 2.45) is 0 Å². The first-order valence-electron chi connectivity index (χ1n) is 14.5. The van der Waals surface area contributed by atoms with Crippen LogP contribution in [0.25, 0.3) is 5.32 Å². The van der Waals surface area contributed by atoms with Gasteiger partial charge in [-0.05, 0) is 74.5 Å². The summed E-state index contributed by atoms with van der Waals surface area (Å²) < 4.78 is 20.2. The van der Waals surface area contributed by atoms with Gasteiger partial charge in [0.15, 0.2) is 11.6 Å². The summed E-state index contributed by atoms with van der Waals surface area (Å²) in [5.41, 5.74) is 2.45. The predicted octanol–water partition coefficient (Wildman–Crippen LogP) is 6.46. The third-order valence-electron chi connectivity index (χ3n) is 8.39. The molecule has 1 fully saturated rings. The molecule has 1 unspecified atom stereocenters. The number of rotatable bonds is 13. The molecule has 9 heteroatoms. The Morgan fingerprint density at radius 1 is 1.25 bits per heavy atom. The summed E-state index contributed by atoms with van der Waals surface area (Å²) in [6.07, 6.45) is 10.7. The van der Waals surface area contributed by atoms with Gasteiger partial charge in [-0.1, -0.05) is 63.7 Å². The first-order valence-corrected chi connectivity index (χ1v) is 14.5. The molecule has 1 aromatic carbocycles. The number of unbranched alkanes of at least 4 members (excludes halogenated alkanes) is 3. The van der Waals surface area contributed by atoms with Crippen LogP contribution in [0, 0.1) is 5.82 Å². The van der Waals surface area contributed by atoms with E-state index in [0.29, 0.717) is 24.7 Å². The Hall–Kier alpha value is -3.71. The number of aliphatic carboxylic acids is 1. The predicted molar refractivity (Wildman–Crippen MR) is 152 cm³/mol. The average Bonchev–Trinajstić information content (AvgIpc) is 3.40. The molecular weight excluding hydrogens is 757 g/mol. The fourth-order valence-corrected chi connectivity index (χ4v) is 6.02. The number of aromatic nitrogens is 1. The van der Waals surface area contributed by atoms with E-state index >= 15 is 0 Å². The quantitative estimate of drug-likeness (QED) is 0.235. The number of hydrogen-bond acceptors (Lipinski definition) is 5. The first kappa shape index (κ1) is 30.8. The van der Waals surface area contributed by atoms with Crippen molar-refractivity contribution in [3.8, 4) is 5.75 Å². The van der Waals surface area contributed by atoms with Gasteiger partial charge in [-0.3, -0.25) is 9.69 Å². The van der Waals surface area contributed by atoms with E-state index < -0.39 is 17.8 Å². The number of aryl methyl sites for hydroxylation is 1. The van der Waals surface area contributed by atoms with Crippen molar-refractivity contribution in [3.05, 3.63) is 58.3 Å². The minimum absolute atomic E-state index is 0. The summed E-state index contributed by atoms with van der Waals surface area (Å²) in [5, 5.41) is 15.0. The molecule has 4 rings (SSSR count). The van der Waals surface area contributed by atoms with Crippen molar-refractivity contribution in [2.45, 2.75) is 89.3 Å². The second kappa shape index (κ2) is 14.1. The van der Waals surface area contributed by atoms with Crippen molar-refractivity contribution < 1.29 is 19.0 Å². The van der Waals surface area contributed by atoms with Crippen LogP contribution >= 0.6 is 0 Å². The van der Waals surface area contributed by atoms with Crippen molar-refractivity contribution in [3.63, 3.8) is 0 Å². The van der Waals surface area contributed by atoms with Crippen LogP contribution in [0.15, 0.2) is 30.5 Å². The number of methoxy groups -OCH3 is 1. The van der Waals surface area contributed by atoms with Crippen molar-refractivity contribution in [1.29, 1.82) is 0 Å². The number of carboxylic acids is 1. The topological polar surface area (TPSA) is 80.0 Å². The molecule has 0 saturated carbocycles. The summed E-state index contributed by atoms with van der Waals surface area (Å²) in [7, 11) is 3.53. The van der Waals surface area contributed by atoms with Crippen LogP contribution in [0.1, 0.15) is 87.4 Å². The smallest absolute Gasteiger partial charge is 0.325 e. The van der Waals surface area contributed by atoms with Gasteiger partial charge in [-0.15, -0.1) is 0 Å². The molecular formula is C31H44FLrN4O3-. The normalized spacial score (nSPS) is 19.7. The number of halogens is 1. The second-order valence-corrected chi connectivity index (χ2v) is 11.4. The van der Waals surface area contributed by atoms with Crippen molar-refractivity contribution >= 4 is 11.8 Å². The third-order valence-corrected chi connectivity index (χ3v) is 8.39. The number of carbonyl (C=O) groups is 1. The Bertz CT molecular complexity index is 1120. The van der Waals surface area contributed by atoms with E-state index in [4.69, 9.17) is 10.1 Å². The number of likely N-dealkylation sites (tertiary alicyclic amines) is 1. The monoisotopic (exact) mass is 801 g/mol. The molecule has 1 radical (unpaired) electrons. The number of likely N-dealkylation sites (N-methyl/N-ethyl adjacent to an activating group) is 1. The second-order valence-electron chi connectivity index (χ2n) is 11.4. The zero-order valence-corrected chi connectivity index (χ0v) is 26.3. The molecule has 3 heterocycles. The van der Waals surface area contributed by atoms with Crippen molar-refractivity contribution in [1.82, 2.24) is 14.8 Å². The Morgan fingerprint density at radius 3 is 2.75 bits per heavy atom. The number of pyridine rings is 1. The zero-order valence-electron chi connectivity index (χ0n) is 24.2. The largest absolute Gasteiger partial charge is 0.493 e. The fraction of sp³-hybridized carbons (Fsp3) is 0.613. The van der Waals surface area contributed by atoms with Gasteiger partial charge in [-0.2, -0.15) is 0 Å². The molecule has 0 amide bonds. The van der Waals surface area contributed by atoms with Gasteiger partial charge >= 0.3 is 5.97 Å². The van der Waals surface area contributed by atoms with Gasteiger partial charge in [0, 0.05) is 24.7 Å². The molecule has 0 aliphatic carbocycles. The molecule has 229 valence electrons. The van der Waals surface area contributed by atoms with Gasteiger partial charge in [0.1, 0.15) is 6.04 Å². The van der Waals surface area contributed by atoms with Gasteiger partial charge in [-0.25, -0.2) is 4.39 Å². The van der Waals surface area contributed by atoms with Crippen LogP contribution in [0.5, 0.6) is 5.75 Å². The standard InChI is InChI=1S/C31H45FN4O3.Lr/c1-21(2)23-18-26(29(39-4)27(32)19-23)28(31(37)38)36-17-14-25(20-36)35(3)16-8-6-5-7-11-24-13-12-22-10-9-15-33-30(22)34-24;/h9-10,15,18-19,21,24-25,28H,5-8,11-14,16-17,20H2,1-4H3,(H2,33,34,37,38);/p-1/t24-,25-,28?;/m1./s1. The van der Waals surface area contributed by atoms with E-state index in [0.717, 1.165) is 50.0 Å². The minimum atomic E-state index is -0.971. The zero-order chi connectivity index (χ0) is 27.9. The van der Waals surface area contributed by atoms with Crippen LogP contribution in [0.2, 0.25) is 0 Å². The van der Waals surface area contributed by atoms with Crippen LogP contribution in [-0.4, -0.2) is 71.7 Å². The number of benzene rings is 1. The number of hydrogen-bond donors (Lipinski definition) is 1. The van der Waals surface area contributed by atoms with E-state index in [1.54, 1.807) is 6.07 Å². The molecule has 2 aromatic rings. The summed E-state index contributed by atoms with van der Waals surface area (Å²) in [4.78, 5) is 21.2. The maximum Gasteiger partial charge on any atom is 0.325 e. The Kier molecular flexibility index (Phi) is 10.8. The van der Waals surface area contributed by atoms with E-state index in [2.05, 4.69) is 23.0 Å². The molecule has 0 bridgehead atoms. The fourth-order valence-electron chi connectivity index (χ4n) is 6.02. The van der Waals surface area contributed by atoms with Crippen LogP contribution in [-0.2, 0) is 11.2 Å². The molecule has 40 heavy (non-hydrogen) atoms. The minimum Gasteiger partial charge on any atom is -0.493 e. The van der Waals surface area contributed by atoms with Crippen LogP contribution < -0.4 is 4.74 Å². The number of fused-ring (bicyclic) bond motifs is 1. The van der Waals surface area contributed by atoms with Crippen LogP contribution in [0.4, 0.5) is 10.2 Å². The Balaban J connectivity index is 0.00000441. The van der Waals surface area contributed by atoms with E-state index in [1.807, 2.05) is 31.0 Å². The van der Waals surface area contributed by atoms with Gasteiger partial charge in [0.05, 0.1) is 7.11 Å². The number of carboxylic acid groups (broad SMARTS) is 1. The molecule has 1 saturated heterocycles. The van der Waals surface area contributed by atoms with Crippen molar-refractivity contribution in [2.75, 3.05) is 33.8 Å². The maximum atomic E-state index is 14.8. The number of nitrogens with zero attached hydrogens (tertiary/aromatic N) is 4. The third kappa shape index (κ3) is 7.27. The maximum absolute atomic E-state index is 14.8. The van der Waals surface area contributed by atoms with Gasteiger partial charge in [0.25, 0.3) is 0 Å². The first-order chi connectivity index (χ1) is 18.8. The van der Waals surface area contributed by atoms with Gasteiger partial charge in [0.2, 0.25) is 0 Å². The molecule has 0 spiro atoms. The van der Waals surface area contributed by atoms with E-state index in [9.17, 15) is 14.3 Å². The summed E-state index contributed by atoms with van der Waals surface area (Å²) in [5.74, 6) is -0.424. The van der Waals surface area contributed by atoms with Crippen LogP contribution in [0.3, 0.4) is 0 Å². The molecule has 1 aromatic heterocycles. The Labute approximate surface area is 232 Å². The number of ether oxygens (including phenoxy) is 1.